The summed E-state index contributed by atoms with van der Waals surface area (Å²) in [6, 6.07) is 4.91. The molecule has 1 atom stereocenters. The zero-order chi connectivity index (χ0) is 16.9. The molecule has 3 heterocycles. The Balaban J connectivity index is 1.60. The molecule has 0 spiro atoms. The number of hydrogen-bond acceptors (Lipinski definition) is 5. The number of carbonyl (C=O) groups excluding carboxylic acids is 1. The Morgan fingerprint density at radius 3 is 2.92 bits per heavy atom. The molecule has 2 aromatic heterocycles. The van der Waals surface area contributed by atoms with E-state index >= 15 is 0 Å². The van der Waals surface area contributed by atoms with Crippen LogP contribution in [0.1, 0.15) is 12.8 Å². The van der Waals surface area contributed by atoms with E-state index < -0.39 is 0 Å². The van der Waals surface area contributed by atoms with Crippen LogP contribution in [0.15, 0.2) is 46.1 Å². The summed E-state index contributed by atoms with van der Waals surface area (Å²) in [5, 5.41) is 3.00. The predicted octanol–water partition coefficient (Wildman–Crippen LogP) is 1.19. The lowest BCUT2D eigenvalue weighted by Gasteiger charge is -2.33. The summed E-state index contributed by atoms with van der Waals surface area (Å²) in [5.74, 6) is 0.510. The molecule has 24 heavy (non-hydrogen) atoms. The van der Waals surface area contributed by atoms with Gasteiger partial charge in [0.1, 0.15) is 6.54 Å². The predicted molar refractivity (Wildman–Crippen MR) is 93.8 cm³/mol. The molecule has 0 aliphatic carbocycles. The highest BCUT2D eigenvalue weighted by atomic mass is 79.9. The van der Waals surface area contributed by atoms with Crippen molar-refractivity contribution < 1.29 is 4.79 Å². The van der Waals surface area contributed by atoms with Crippen molar-refractivity contribution in [2.24, 2.45) is 0 Å². The second-order valence-corrected chi connectivity index (χ2v) is 6.63. The molecule has 8 heteroatoms. The van der Waals surface area contributed by atoms with Crippen molar-refractivity contribution in [1.82, 2.24) is 19.9 Å². The summed E-state index contributed by atoms with van der Waals surface area (Å²) in [6.45, 7) is 1.56. The number of carbonyl (C=O) groups is 1. The van der Waals surface area contributed by atoms with Crippen molar-refractivity contribution in [3.05, 3.63) is 51.6 Å². The smallest absolute Gasteiger partial charge is 0.251 e. The van der Waals surface area contributed by atoms with Gasteiger partial charge in [-0.1, -0.05) is 0 Å². The van der Waals surface area contributed by atoms with E-state index in [0.717, 1.165) is 23.9 Å². The molecule has 7 nitrogen and oxygen atoms in total. The molecule has 1 unspecified atom stereocenters. The van der Waals surface area contributed by atoms with Crippen LogP contribution >= 0.6 is 15.9 Å². The van der Waals surface area contributed by atoms with E-state index in [2.05, 4.69) is 36.1 Å². The van der Waals surface area contributed by atoms with Crippen LogP contribution in [0, 0.1) is 0 Å². The minimum absolute atomic E-state index is 0.0105. The fourth-order valence-corrected chi connectivity index (χ4v) is 3.16. The van der Waals surface area contributed by atoms with Gasteiger partial charge in [-0.2, -0.15) is 0 Å². The molecule has 126 valence electrons. The molecule has 0 aromatic carbocycles. The Kier molecular flexibility index (Phi) is 5.24. The van der Waals surface area contributed by atoms with Crippen molar-refractivity contribution in [2.45, 2.75) is 25.4 Å². The number of piperidine rings is 1. The van der Waals surface area contributed by atoms with Crippen LogP contribution in [0.2, 0.25) is 0 Å². The van der Waals surface area contributed by atoms with Gasteiger partial charge >= 0.3 is 0 Å². The van der Waals surface area contributed by atoms with E-state index in [1.165, 1.54) is 10.6 Å². The van der Waals surface area contributed by atoms with Gasteiger partial charge < -0.3 is 14.8 Å². The fourth-order valence-electron chi connectivity index (χ4n) is 2.78. The Hall–Kier alpha value is -2.22. The Bertz CT molecular complexity index is 765. The molecule has 0 bridgehead atoms. The van der Waals surface area contributed by atoms with Crippen LogP contribution in [0.25, 0.3) is 0 Å². The second-order valence-electron chi connectivity index (χ2n) is 5.71. The molecular weight excluding hydrogens is 374 g/mol. The summed E-state index contributed by atoms with van der Waals surface area (Å²) in [5.41, 5.74) is -0.198. The highest BCUT2D eigenvalue weighted by Gasteiger charge is 2.23. The van der Waals surface area contributed by atoms with Gasteiger partial charge in [-0.05, 0) is 40.9 Å². The molecule has 1 fully saturated rings. The van der Waals surface area contributed by atoms with Gasteiger partial charge in [0.05, 0.1) is 0 Å². The lowest BCUT2D eigenvalue weighted by Crippen LogP contribution is -2.49. The maximum atomic E-state index is 12.3. The van der Waals surface area contributed by atoms with Crippen LogP contribution < -0.4 is 15.8 Å². The monoisotopic (exact) mass is 391 g/mol. The number of amides is 1. The minimum atomic E-state index is -0.198. The van der Waals surface area contributed by atoms with Gasteiger partial charge in [-0.3, -0.25) is 9.59 Å². The van der Waals surface area contributed by atoms with Crippen LogP contribution in [-0.4, -0.2) is 39.6 Å². The highest BCUT2D eigenvalue weighted by Crippen LogP contribution is 2.15. The normalized spacial score (nSPS) is 17.5. The largest absolute Gasteiger partial charge is 0.350 e. The average Bonchev–Trinajstić information content (AvgIpc) is 2.59. The van der Waals surface area contributed by atoms with E-state index in [-0.39, 0.29) is 24.1 Å². The Labute approximate surface area is 147 Å². The zero-order valence-corrected chi connectivity index (χ0v) is 14.6. The van der Waals surface area contributed by atoms with E-state index in [1.54, 1.807) is 30.7 Å². The van der Waals surface area contributed by atoms with Gasteiger partial charge in [-0.25, -0.2) is 9.97 Å². The minimum Gasteiger partial charge on any atom is -0.350 e. The number of nitrogens with one attached hydrogen (secondary N) is 1. The van der Waals surface area contributed by atoms with E-state index in [4.69, 9.17) is 0 Å². The maximum Gasteiger partial charge on any atom is 0.251 e. The summed E-state index contributed by atoms with van der Waals surface area (Å²) < 4.78 is 2.15. The molecule has 1 N–H and O–H groups in total. The van der Waals surface area contributed by atoms with Gasteiger partial charge in [0.2, 0.25) is 11.9 Å². The molecule has 1 aliphatic heterocycles. The number of halogens is 1. The van der Waals surface area contributed by atoms with Crippen LogP contribution in [0.5, 0.6) is 0 Å². The number of aromatic nitrogens is 3. The average molecular weight is 392 g/mol. The van der Waals surface area contributed by atoms with Crippen LogP contribution in [0.3, 0.4) is 0 Å². The first-order valence-corrected chi connectivity index (χ1v) is 8.58. The van der Waals surface area contributed by atoms with Crippen molar-refractivity contribution in [3.63, 3.8) is 0 Å². The SMILES string of the molecule is O=C(Cn1cc(Br)ccc1=O)NC1CCCN(c2ncccn2)C1. The third-order valence-corrected chi connectivity index (χ3v) is 4.35. The van der Waals surface area contributed by atoms with Gasteiger partial charge in [-0.15, -0.1) is 0 Å². The van der Waals surface area contributed by atoms with Gasteiger partial charge in [0, 0.05) is 48.3 Å². The third-order valence-electron chi connectivity index (χ3n) is 3.88. The number of pyridine rings is 1. The highest BCUT2D eigenvalue weighted by molar-refractivity contribution is 9.10. The molecule has 1 aliphatic rings. The standard InChI is InChI=1S/C16H18BrN5O2/c17-12-4-5-15(24)22(9-12)11-14(23)20-13-3-1-8-21(10-13)16-18-6-2-7-19-16/h2,4-7,9,13H,1,3,8,10-11H2,(H,20,23). The Morgan fingerprint density at radius 2 is 2.12 bits per heavy atom. The molecule has 0 saturated carbocycles. The number of anilines is 1. The quantitative estimate of drug-likeness (QED) is 0.846. The van der Waals surface area contributed by atoms with Crippen LogP contribution in [0.4, 0.5) is 5.95 Å². The second kappa shape index (κ2) is 7.57. The maximum absolute atomic E-state index is 12.3. The number of rotatable bonds is 4. The summed E-state index contributed by atoms with van der Waals surface area (Å²) in [6.07, 6.45) is 6.91. The van der Waals surface area contributed by atoms with E-state index in [9.17, 15) is 9.59 Å². The lowest BCUT2D eigenvalue weighted by molar-refractivity contribution is -0.122. The molecule has 1 saturated heterocycles. The number of nitrogens with zero attached hydrogens (tertiary/aromatic N) is 4. The molecule has 3 rings (SSSR count). The Morgan fingerprint density at radius 1 is 1.33 bits per heavy atom. The third kappa shape index (κ3) is 4.19. The summed E-state index contributed by atoms with van der Waals surface area (Å²) in [4.78, 5) is 34.6. The van der Waals surface area contributed by atoms with Crippen LogP contribution in [-0.2, 0) is 11.3 Å². The van der Waals surface area contributed by atoms with Crippen molar-refractivity contribution in [2.75, 3.05) is 18.0 Å². The van der Waals surface area contributed by atoms with E-state index in [1.807, 2.05) is 0 Å². The van der Waals surface area contributed by atoms with Crippen molar-refractivity contribution in [1.29, 1.82) is 0 Å². The summed E-state index contributed by atoms with van der Waals surface area (Å²) >= 11 is 3.31. The fraction of sp³-hybridized carbons (Fsp3) is 0.375. The topological polar surface area (TPSA) is 80.1 Å². The molecule has 0 radical (unpaired) electrons. The molecule has 2 aromatic rings. The van der Waals surface area contributed by atoms with Crippen molar-refractivity contribution >= 4 is 27.8 Å². The lowest BCUT2D eigenvalue weighted by atomic mass is 10.1. The van der Waals surface area contributed by atoms with E-state index in [0.29, 0.717) is 12.5 Å². The molecule has 1 amide bonds. The van der Waals surface area contributed by atoms with Gasteiger partial charge in [0.15, 0.2) is 0 Å². The first kappa shape index (κ1) is 16.6. The zero-order valence-electron chi connectivity index (χ0n) is 13.1. The first-order valence-electron chi connectivity index (χ1n) is 7.79. The molecular formula is C16H18BrN5O2. The summed E-state index contributed by atoms with van der Waals surface area (Å²) in [7, 11) is 0. The number of hydrogen-bond donors (Lipinski definition) is 1. The van der Waals surface area contributed by atoms with Crippen molar-refractivity contribution in [3.8, 4) is 0 Å². The first-order chi connectivity index (χ1) is 11.6. The van der Waals surface area contributed by atoms with Gasteiger partial charge in [0.25, 0.3) is 5.56 Å².